The van der Waals surface area contributed by atoms with E-state index in [0.717, 1.165) is 4.70 Å². The molecule has 0 fully saturated rings. The summed E-state index contributed by atoms with van der Waals surface area (Å²) < 4.78 is 18.8. The Morgan fingerprint density at radius 1 is 0.939 bits per heavy atom. The number of hydrogen-bond acceptors (Lipinski definition) is 6. The third-order valence-corrected chi connectivity index (χ3v) is 5.80. The molecule has 3 aromatic carbocycles. The Bertz CT molecular complexity index is 1340. The monoisotopic (exact) mass is 462 g/mol. The first-order valence-electron chi connectivity index (χ1n) is 10.3. The van der Waals surface area contributed by atoms with Crippen molar-refractivity contribution in [2.24, 2.45) is 4.99 Å². The van der Waals surface area contributed by atoms with Gasteiger partial charge in [0, 0.05) is 5.56 Å². The molecule has 0 aliphatic heterocycles. The lowest BCUT2D eigenvalue weighted by molar-refractivity contribution is -0.143. The highest BCUT2D eigenvalue weighted by Crippen LogP contribution is 2.27. The minimum Gasteiger partial charge on any atom is -0.495 e. The number of fused-ring (bicyclic) bond motifs is 1. The number of esters is 1. The van der Waals surface area contributed by atoms with Crippen molar-refractivity contribution in [2.75, 3.05) is 13.7 Å². The molecule has 1 amide bonds. The van der Waals surface area contributed by atoms with Crippen LogP contribution in [0.3, 0.4) is 0 Å². The van der Waals surface area contributed by atoms with Crippen molar-refractivity contribution in [1.82, 2.24) is 4.57 Å². The maximum Gasteiger partial charge on any atom is 0.326 e. The van der Waals surface area contributed by atoms with Gasteiger partial charge < -0.3 is 18.8 Å². The van der Waals surface area contributed by atoms with Crippen molar-refractivity contribution in [3.05, 3.63) is 83.2 Å². The molecule has 0 radical (unpaired) electrons. The Labute approximate surface area is 194 Å². The predicted molar refractivity (Wildman–Crippen MR) is 126 cm³/mol. The highest BCUT2D eigenvalue weighted by atomic mass is 32.1. The van der Waals surface area contributed by atoms with Crippen LogP contribution in [-0.2, 0) is 16.1 Å². The van der Waals surface area contributed by atoms with Crippen molar-refractivity contribution in [3.63, 3.8) is 0 Å². The van der Waals surface area contributed by atoms with Crippen LogP contribution in [-0.4, -0.2) is 30.2 Å². The van der Waals surface area contributed by atoms with Crippen molar-refractivity contribution in [1.29, 1.82) is 0 Å². The molecule has 0 aliphatic carbocycles. The summed E-state index contributed by atoms with van der Waals surface area (Å²) in [6.45, 7) is 1.93. The van der Waals surface area contributed by atoms with Gasteiger partial charge in [0.05, 0.1) is 18.4 Å². The molecule has 0 saturated carbocycles. The number of aromatic nitrogens is 1. The van der Waals surface area contributed by atoms with Crippen molar-refractivity contribution in [3.8, 4) is 17.2 Å². The van der Waals surface area contributed by atoms with Crippen LogP contribution < -0.4 is 14.3 Å². The fourth-order valence-electron chi connectivity index (χ4n) is 3.27. The van der Waals surface area contributed by atoms with E-state index >= 15 is 0 Å². The maximum absolute atomic E-state index is 12.9. The second-order valence-electron chi connectivity index (χ2n) is 6.94. The largest absolute Gasteiger partial charge is 0.495 e. The molecule has 33 heavy (non-hydrogen) atoms. The number of amides is 1. The Kier molecular flexibility index (Phi) is 6.85. The molecule has 0 saturated heterocycles. The molecule has 4 aromatic rings. The van der Waals surface area contributed by atoms with Crippen molar-refractivity contribution in [2.45, 2.75) is 13.5 Å². The molecule has 1 aromatic heterocycles. The molecule has 1 heterocycles. The first-order valence-corrected chi connectivity index (χ1v) is 11.1. The summed E-state index contributed by atoms with van der Waals surface area (Å²) in [5, 5.41) is 0. The van der Waals surface area contributed by atoms with Gasteiger partial charge in [-0.25, -0.2) is 0 Å². The lowest BCUT2D eigenvalue weighted by Gasteiger charge is -2.08. The quantitative estimate of drug-likeness (QED) is 0.368. The van der Waals surface area contributed by atoms with E-state index in [1.165, 1.54) is 11.3 Å². The van der Waals surface area contributed by atoms with Crippen LogP contribution in [0.15, 0.2) is 77.8 Å². The summed E-state index contributed by atoms with van der Waals surface area (Å²) in [6, 6.07) is 21.7. The molecular formula is C25H22N2O5S. The van der Waals surface area contributed by atoms with Gasteiger partial charge in [0.25, 0.3) is 5.91 Å². The van der Waals surface area contributed by atoms with E-state index in [1.54, 1.807) is 48.9 Å². The zero-order valence-electron chi connectivity index (χ0n) is 18.2. The lowest BCUT2D eigenvalue weighted by Crippen LogP contribution is -2.23. The number of ether oxygens (including phenoxy) is 3. The average molecular weight is 463 g/mol. The Morgan fingerprint density at radius 3 is 2.36 bits per heavy atom. The van der Waals surface area contributed by atoms with Crippen LogP contribution in [0.4, 0.5) is 0 Å². The normalized spacial score (nSPS) is 11.4. The second-order valence-corrected chi connectivity index (χ2v) is 7.95. The van der Waals surface area contributed by atoms with Crippen LogP contribution >= 0.6 is 11.3 Å². The number of rotatable bonds is 7. The van der Waals surface area contributed by atoms with Gasteiger partial charge in [-0.1, -0.05) is 35.6 Å². The topological polar surface area (TPSA) is 79.1 Å². The number of para-hydroxylation sites is 2. The van der Waals surface area contributed by atoms with Gasteiger partial charge in [-0.3, -0.25) is 9.59 Å². The number of nitrogens with zero attached hydrogens (tertiary/aromatic N) is 2. The van der Waals surface area contributed by atoms with E-state index in [2.05, 4.69) is 4.99 Å². The smallest absolute Gasteiger partial charge is 0.326 e. The standard InChI is InChI=1S/C25H22N2O5S/c1-3-31-22(28)16-27-23-20(30-2)10-7-11-21(23)33-25(27)26-24(29)17-12-14-19(15-13-17)32-18-8-5-4-6-9-18/h4-15H,3,16H2,1-2H3. The van der Waals surface area contributed by atoms with Gasteiger partial charge in [-0.2, -0.15) is 4.99 Å². The minimum absolute atomic E-state index is 0.0792. The first-order chi connectivity index (χ1) is 16.1. The summed E-state index contributed by atoms with van der Waals surface area (Å²) in [4.78, 5) is 29.8. The first kappa shape index (κ1) is 22.3. The predicted octanol–water partition coefficient (Wildman–Crippen LogP) is 4.81. The highest BCUT2D eigenvalue weighted by Gasteiger charge is 2.16. The van der Waals surface area contributed by atoms with E-state index in [-0.39, 0.29) is 13.2 Å². The van der Waals surface area contributed by atoms with Crippen LogP contribution in [0, 0.1) is 0 Å². The van der Waals surface area contributed by atoms with Crippen molar-refractivity contribution >= 4 is 33.4 Å². The number of hydrogen-bond donors (Lipinski definition) is 0. The molecule has 0 unspecified atom stereocenters. The van der Waals surface area contributed by atoms with Gasteiger partial charge in [0.15, 0.2) is 4.80 Å². The van der Waals surface area contributed by atoms with Gasteiger partial charge in [-0.15, -0.1) is 0 Å². The molecular weight excluding hydrogens is 440 g/mol. The second kappa shape index (κ2) is 10.1. The number of methoxy groups -OCH3 is 1. The zero-order valence-corrected chi connectivity index (χ0v) is 19.0. The molecule has 8 heteroatoms. The van der Waals surface area contributed by atoms with Crippen LogP contribution in [0.1, 0.15) is 17.3 Å². The molecule has 0 aliphatic rings. The number of carbonyl (C=O) groups is 2. The third-order valence-electron chi connectivity index (χ3n) is 4.75. The third kappa shape index (κ3) is 5.12. The molecule has 7 nitrogen and oxygen atoms in total. The number of carbonyl (C=O) groups excluding carboxylic acids is 2. The van der Waals surface area contributed by atoms with Crippen LogP contribution in [0.25, 0.3) is 10.2 Å². The maximum atomic E-state index is 12.9. The number of benzene rings is 3. The van der Waals surface area contributed by atoms with Gasteiger partial charge in [-0.05, 0) is 55.5 Å². The Morgan fingerprint density at radius 2 is 1.67 bits per heavy atom. The van der Waals surface area contributed by atoms with E-state index in [0.29, 0.717) is 33.1 Å². The van der Waals surface area contributed by atoms with E-state index in [4.69, 9.17) is 14.2 Å². The Hall–Kier alpha value is -3.91. The van der Waals surface area contributed by atoms with Crippen molar-refractivity contribution < 1.29 is 23.8 Å². The lowest BCUT2D eigenvalue weighted by atomic mass is 10.2. The highest BCUT2D eigenvalue weighted by molar-refractivity contribution is 7.16. The van der Waals surface area contributed by atoms with Crippen LogP contribution in [0.2, 0.25) is 0 Å². The molecule has 0 N–H and O–H groups in total. The average Bonchev–Trinajstić information content (AvgIpc) is 3.17. The van der Waals surface area contributed by atoms with E-state index in [1.807, 2.05) is 42.5 Å². The van der Waals surface area contributed by atoms with Gasteiger partial charge >= 0.3 is 5.97 Å². The summed E-state index contributed by atoms with van der Waals surface area (Å²) in [5.74, 6) is 1.07. The zero-order chi connectivity index (χ0) is 23.2. The van der Waals surface area contributed by atoms with Gasteiger partial charge in [0.2, 0.25) is 0 Å². The molecule has 0 atom stereocenters. The molecule has 0 bridgehead atoms. The van der Waals surface area contributed by atoms with E-state index < -0.39 is 11.9 Å². The fourth-order valence-corrected chi connectivity index (χ4v) is 4.32. The molecule has 168 valence electrons. The summed E-state index contributed by atoms with van der Waals surface area (Å²) >= 11 is 1.30. The van der Waals surface area contributed by atoms with Crippen LogP contribution in [0.5, 0.6) is 17.2 Å². The fraction of sp³-hybridized carbons (Fsp3) is 0.160. The summed E-state index contributed by atoms with van der Waals surface area (Å²) in [7, 11) is 1.56. The summed E-state index contributed by atoms with van der Waals surface area (Å²) in [6.07, 6.45) is 0. The molecule has 0 spiro atoms. The number of thiazole rings is 1. The minimum atomic E-state index is -0.426. The Balaban J connectivity index is 1.67. The summed E-state index contributed by atoms with van der Waals surface area (Å²) in [5.41, 5.74) is 1.10. The SMILES string of the molecule is CCOC(=O)Cn1c(=NC(=O)c2ccc(Oc3ccccc3)cc2)sc2cccc(OC)c21. The van der Waals surface area contributed by atoms with Gasteiger partial charge in [0.1, 0.15) is 29.3 Å². The molecule has 4 rings (SSSR count). The van der Waals surface area contributed by atoms with E-state index in [9.17, 15) is 9.59 Å².